The van der Waals surface area contributed by atoms with Crippen molar-refractivity contribution >= 4 is 11.3 Å². The molecule has 0 bridgehead atoms. The van der Waals surface area contributed by atoms with E-state index in [-0.39, 0.29) is 6.61 Å². The predicted molar refractivity (Wildman–Crippen MR) is 87.2 cm³/mol. The second kappa shape index (κ2) is 7.30. The van der Waals surface area contributed by atoms with Gasteiger partial charge < -0.3 is 14.9 Å². The van der Waals surface area contributed by atoms with Gasteiger partial charge in [0.1, 0.15) is 0 Å². The monoisotopic (exact) mass is 322 g/mol. The van der Waals surface area contributed by atoms with Crippen LogP contribution in [0.4, 0.5) is 0 Å². The van der Waals surface area contributed by atoms with E-state index in [9.17, 15) is 10.2 Å². The lowest BCUT2D eigenvalue weighted by Crippen LogP contribution is -2.37. The van der Waals surface area contributed by atoms with E-state index in [2.05, 4.69) is 10.3 Å². The number of aromatic nitrogens is 1. The van der Waals surface area contributed by atoms with E-state index in [0.29, 0.717) is 12.2 Å². The molecule has 0 fully saturated rings. The molecular weight excluding hydrogens is 300 g/mol. The van der Waals surface area contributed by atoms with Crippen LogP contribution in [0.1, 0.15) is 32.0 Å². The molecule has 22 heavy (non-hydrogen) atoms. The first-order valence-corrected chi connectivity index (χ1v) is 7.99. The van der Waals surface area contributed by atoms with Crippen molar-refractivity contribution in [3.8, 4) is 10.4 Å². The molecule has 5 nitrogen and oxygen atoms in total. The maximum Gasteiger partial charge on any atom is 0.214 e. The van der Waals surface area contributed by atoms with Crippen molar-refractivity contribution in [2.75, 3.05) is 0 Å². The highest BCUT2D eigenvalue weighted by atomic mass is 32.1. The number of hydrogen-bond donors (Lipinski definition) is 3. The first-order chi connectivity index (χ1) is 10.4. The van der Waals surface area contributed by atoms with Crippen molar-refractivity contribution in [3.63, 3.8) is 0 Å². The fraction of sp³-hybridized carbons (Fsp3) is 0.438. The normalized spacial score (nSPS) is 13.3. The van der Waals surface area contributed by atoms with E-state index >= 15 is 0 Å². The van der Waals surface area contributed by atoms with Crippen molar-refractivity contribution in [1.29, 1.82) is 0 Å². The Labute approximate surface area is 134 Å². The molecule has 1 unspecified atom stereocenters. The second-order valence-corrected chi connectivity index (χ2v) is 6.80. The molecule has 6 heteroatoms. The molecule has 1 aromatic carbocycles. The van der Waals surface area contributed by atoms with Gasteiger partial charge in [-0.1, -0.05) is 24.3 Å². The average molecular weight is 322 g/mol. The van der Waals surface area contributed by atoms with Gasteiger partial charge in [0.15, 0.2) is 0 Å². The number of hydrogen-bond acceptors (Lipinski definition) is 6. The molecule has 0 radical (unpaired) electrons. The maximum absolute atomic E-state index is 9.75. The van der Waals surface area contributed by atoms with Crippen LogP contribution >= 0.6 is 11.3 Å². The van der Waals surface area contributed by atoms with Gasteiger partial charge in [-0.15, -0.1) is 11.3 Å². The van der Waals surface area contributed by atoms with Crippen LogP contribution in [0, 0.1) is 0 Å². The van der Waals surface area contributed by atoms with Gasteiger partial charge in [-0.3, -0.25) is 5.32 Å². The zero-order chi connectivity index (χ0) is 16.2. The Hall–Kier alpha value is -1.31. The van der Waals surface area contributed by atoms with Crippen LogP contribution in [-0.4, -0.2) is 27.2 Å². The Morgan fingerprint density at radius 3 is 2.55 bits per heavy atom. The number of thiazole rings is 1. The summed E-state index contributed by atoms with van der Waals surface area (Å²) in [6, 6.07) is 7.93. The number of rotatable bonds is 6. The Kier molecular flexibility index (Phi) is 5.66. The van der Waals surface area contributed by atoms with E-state index < -0.39 is 12.0 Å². The smallest absolute Gasteiger partial charge is 0.214 e. The SMILES string of the molecule is CC(C)(C)OC(O)NCc1ccc(-c2scnc2CO)cc1. The highest BCUT2D eigenvalue weighted by Gasteiger charge is 2.16. The fourth-order valence-corrected chi connectivity index (χ4v) is 2.78. The lowest BCUT2D eigenvalue weighted by molar-refractivity contribution is -0.182. The summed E-state index contributed by atoms with van der Waals surface area (Å²) >= 11 is 1.51. The Bertz CT molecular complexity index is 590. The molecule has 0 aliphatic heterocycles. The van der Waals surface area contributed by atoms with E-state index in [4.69, 9.17) is 4.74 Å². The molecule has 0 aliphatic carbocycles. The highest BCUT2D eigenvalue weighted by molar-refractivity contribution is 7.13. The van der Waals surface area contributed by atoms with Gasteiger partial charge in [-0.2, -0.15) is 0 Å². The van der Waals surface area contributed by atoms with Gasteiger partial charge in [0, 0.05) is 6.54 Å². The largest absolute Gasteiger partial charge is 0.390 e. The van der Waals surface area contributed by atoms with Gasteiger partial charge in [-0.05, 0) is 31.9 Å². The zero-order valence-electron chi connectivity index (χ0n) is 13.0. The predicted octanol–water partition coefficient (Wildman–Crippen LogP) is 2.48. The van der Waals surface area contributed by atoms with Gasteiger partial charge >= 0.3 is 0 Å². The molecule has 120 valence electrons. The van der Waals surface area contributed by atoms with Crippen LogP contribution in [0.5, 0.6) is 0 Å². The third kappa shape index (κ3) is 4.86. The molecule has 0 aliphatic rings. The molecule has 0 spiro atoms. The third-order valence-electron chi connectivity index (χ3n) is 2.95. The summed E-state index contributed by atoms with van der Waals surface area (Å²) in [5.41, 5.74) is 4.10. The first kappa shape index (κ1) is 17.1. The Morgan fingerprint density at radius 2 is 1.95 bits per heavy atom. The molecular formula is C16H22N2O3S. The van der Waals surface area contributed by atoms with Gasteiger partial charge in [-0.25, -0.2) is 4.98 Å². The van der Waals surface area contributed by atoms with Crippen LogP contribution in [0.2, 0.25) is 0 Å². The Balaban J connectivity index is 1.95. The van der Waals surface area contributed by atoms with Gasteiger partial charge in [0.05, 0.1) is 28.3 Å². The lowest BCUT2D eigenvalue weighted by Gasteiger charge is -2.24. The second-order valence-electron chi connectivity index (χ2n) is 5.95. The average Bonchev–Trinajstić information content (AvgIpc) is 2.92. The molecule has 3 N–H and O–H groups in total. The number of aliphatic hydroxyl groups excluding tert-OH is 2. The summed E-state index contributed by atoms with van der Waals surface area (Å²) in [6.07, 6.45) is -0.998. The van der Waals surface area contributed by atoms with Crippen LogP contribution in [0.25, 0.3) is 10.4 Å². The van der Waals surface area contributed by atoms with E-state index in [1.165, 1.54) is 11.3 Å². The number of nitrogens with one attached hydrogen (secondary N) is 1. The number of ether oxygens (including phenoxy) is 1. The molecule has 0 saturated carbocycles. The molecule has 0 amide bonds. The van der Waals surface area contributed by atoms with Crippen LogP contribution in [0.3, 0.4) is 0 Å². The highest BCUT2D eigenvalue weighted by Crippen LogP contribution is 2.27. The lowest BCUT2D eigenvalue weighted by atomic mass is 10.1. The minimum atomic E-state index is -0.998. The zero-order valence-corrected chi connectivity index (χ0v) is 13.9. The van der Waals surface area contributed by atoms with Crippen molar-refractivity contribution in [3.05, 3.63) is 41.0 Å². The quantitative estimate of drug-likeness (QED) is 0.713. The minimum absolute atomic E-state index is 0.0571. The van der Waals surface area contributed by atoms with Crippen LogP contribution in [0.15, 0.2) is 29.8 Å². The van der Waals surface area contributed by atoms with Crippen molar-refractivity contribution in [1.82, 2.24) is 10.3 Å². The molecule has 2 aromatic rings. The number of nitrogens with zero attached hydrogens (tertiary/aromatic N) is 1. The topological polar surface area (TPSA) is 74.6 Å². The van der Waals surface area contributed by atoms with Crippen LogP contribution < -0.4 is 5.32 Å². The molecule has 0 saturated heterocycles. The molecule has 2 rings (SSSR count). The van der Waals surface area contributed by atoms with E-state index in [1.54, 1.807) is 5.51 Å². The summed E-state index contributed by atoms with van der Waals surface area (Å²) in [5, 5.41) is 21.9. The summed E-state index contributed by atoms with van der Waals surface area (Å²) in [4.78, 5) is 5.12. The number of aliphatic hydroxyl groups is 2. The summed E-state index contributed by atoms with van der Waals surface area (Å²) in [7, 11) is 0. The minimum Gasteiger partial charge on any atom is -0.390 e. The first-order valence-electron chi connectivity index (χ1n) is 7.11. The number of benzene rings is 1. The molecule has 1 atom stereocenters. The van der Waals surface area contributed by atoms with E-state index in [0.717, 1.165) is 16.0 Å². The van der Waals surface area contributed by atoms with Crippen LogP contribution in [-0.2, 0) is 17.9 Å². The van der Waals surface area contributed by atoms with Crippen molar-refractivity contribution < 1.29 is 14.9 Å². The Morgan fingerprint density at radius 1 is 1.27 bits per heavy atom. The van der Waals surface area contributed by atoms with Gasteiger partial charge in [0.2, 0.25) is 6.41 Å². The standard InChI is InChI=1S/C16H22N2O3S/c1-16(2,3)21-15(20)17-8-11-4-6-12(7-5-11)14-13(9-19)18-10-22-14/h4-7,10,15,17,19-20H,8-9H2,1-3H3. The summed E-state index contributed by atoms with van der Waals surface area (Å²) < 4.78 is 5.38. The van der Waals surface area contributed by atoms with E-state index in [1.807, 2.05) is 45.0 Å². The summed E-state index contributed by atoms with van der Waals surface area (Å²) in [6.45, 7) is 6.12. The van der Waals surface area contributed by atoms with Crippen molar-refractivity contribution in [2.45, 2.75) is 45.9 Å². The van der Waals surface area contributed by atoms with Gasteiger partial charge in [0.25, 0.3) is 0 Å². The maximum atomic E-state index is 9.75. The fourth-order valence-electron chi connectivity index (χ4n) is 1.97. The molecule has 1 aromatic heterocycles. The van der Waals surface area contributed by atoms with Crippen molar-refractivity contribution in [2.24, 2.45) is 0 Å². The molecule has 1 heterocycles. The third-order valence-corrected chi connectivity index (χ3v) is 3.87. The summed E-state index contributed by atoms with van der Waals surface area (Å²) in [5.74, 6) is 0.